The second kappa shape index (κ2) is 10.8. The molecule has 0 bridgehead atoms. The summed E-state index contributed by atoms with van der Waals surface area (Å²) in [5, 5.41) is 3.63. The van der Waals surface area contributed by atoms with Crippen molar-refractivity contribution in [2.75, 3.05) is 10.6 Å². The van der Waals surface area contributed by atoms with Gasteiger partial charge in [0.2, 0.25) is 5.91 Å². The minimum Gasteiger partial charge on any atom is -0.395 e. The first-order chi connectivity index (χ1) is 15.3. The third-order valence-electron chi connectivity index (χ3n) is 5.63. The van der Waals surface area contributed by atoms with E-state index in [1.54, 1.807) is 24.3 Å². The van der Waals surface area contributed by atoms with Crippen LogP contribution in [0.25, 0.3) is 0 Å². The van der Waals surface area contributed by atoms with Gasteiger partial charge in [-0.15, -0.1) is 0 Å². The van der Waals surface area contributed by atoms with Gasteiger partial charge in [-0.3, -0.25) is 19.3 Å². The molecule has 8 nitrogen and oxygen atoms in total. The van der Waals surface area contributed by atoms with Gasteiger partial charge in [0.25, 0.3) is 11.8 Å². The highest BCUT2D eigenvalue weighted by atomic mass is 35.5. The Hall–Kier alpha value is -2.65. The second-order valence-electron chi connectivity index (χ2n) is 7.94. The number of nitrogens with zero attached hydrogens (tertiary/aromatic N) is 2. The fraction of sp³-hybridized carbons (Fsp3) is 0.455. The number of primary amides is 1. The molecule has 1 aliphatic rings. The monoisotopic (exact) mass is 477 g/mol. The molecule has 1 atom stereocenters. The summed E-state index contributed by atoms with van der Waals surface area (Å²) in [4.78, 5) is 40.2. The lowest BCUT2D eigenvalue weighted by atomic mass is 10.0. The number of carbonyl (C=O) groups is 3. The van der Waals surface area contributed by atoms with Gasteiger partial charge in [0.1, 0.15) is 10.9 Å². The highest BCUT2D eigenvalue weighted by Crippen LogP contribution is 2.30. The van der Waals surface area contributed by atoms with Crippen molar-refractivity contribution in [3.8, 4) is 0 Å². The van der Waals surface area contributed by atoms with E-state index in [0.29, 0.717) is 17.1 Å². The fourth-order valence-corrected chi connectivity index (χ4v) is 4.79. The van der Waals surface area contributed by atoms with Gasteiger partial charge >= 0.3 is 0 Å². The normalized spacial score (nSPS) is 14.8. The van der Waals surface area contributed by atoms with Crippen LogP contribution >= 0.6 is 23.1 Å². The molecular weight excluding hydrogens is 450 g/mol. The lowest BCUT2D eigenvalue weighted by Crippen LogP contribution is -2.51. The van der Waals surface area contributed by atoms with Crippen LogP contribution in [0.4, 0.5) is 11.4 Å². The number of benzene rings is 1. The van der Waals surface area contributed by atoms with Gasteiger partial charge in [0, 0.05) is 16.8 Å². The minimum absolute atomic E-state index is 0.0723. The first kappa shape index (κ1) is 24.0. The summed E-state index contributed by atoms with van der Waals surface area (Å²) >= 11 is 6.85. The van der Waals surface area contributed by atoms with Crippen LogP contribution in [0.1, 0.15) is 72.0 Å². The molecule has 10 heteroatoms. The van der Waals surface area contributed by atoms with Crippen molar-refractivity contribution in [3.63, 3.8) is 0 Å². The zero-order valence-electron chi connectivity index (χ0n) is 18.0. The summed E-state index contributed by atoms with van der Waals surface area (Å²) in [5.74, 6) is -1.51. The van der Waals surface area contributed by atoms with Gasteiger partial charge in [-0.25, -0.2) is 0 Å². The molecule has 0 saturated heterocycles. The van der Waals surface area contributed by atoms with Crippen molar-refractivity contribution in [1.29, 1.82) is 0 Å². The van der Waals surface area contributed by atoms with Crippen molar-refractivity contribution < 1.29 is 14.4 Å². The molecule has 2 aromatic rings. The standard InChI is InChI=1S/C22H28ClN5O3S/c1-2-3-8-16(21(30)26-14-6-4-5-7-14)28(15-11-9-13(23)10-12-15)22(31)19-17(24)18(20(25)29)27-32-19/h9-12,14,16H,2-8,24H2,1H3,(H2,25,29)(H,26,30)/t16-/m0/s1. The highest BCUT2D eigenvalue weighted by Gasteiger charge is 2.35. The number of aromatic nitrogens is 1. The summed E-state index contributed by atoms with van der Waals surface area (Å²) in [7, 11) is 0. The van der Waals surface area contributed by atoms with E-state index in [1.165, 1.54) is 4.90 Å². The molecule has 0 radical (unpaired) electrons. The van der Waals surface area contributed by atoms with Gasteiger partial charge in [-0.2, -0.15) is 4.37 Å². The van der Waals surface area contributed by atoms with Crippen LogP contribution in [0.2, 0.25) is 5.02 Å². The largest absolute Gasteiger partial charge is 0.395 e. The molecule has 1 aromatic carbocycles. The Kier molecular flexibility index (Phi) is 8.09. The fourth-order valence-electron chi connectivity index (χ4n) is 3.92. The highest BCUT2D eigenvalue weighted by molar-refractivity contribution is 7.09. The van der Waals surface area contributed by atoms with E-state index >= 15 is 0 Å². The van der Waals surface area contributed by atoms with Crippen LogP contribution in [0, 0.1) is 0 Å². The van der Waals surface area contributed by atoms with Crippen LogP contribution < -0.4 is 21.7 Å². The molecule has 3 amide bonds. The number of nitrogen functional groups attached to an aromatic ring is 1. The Morgan fingerprint density at radius 1 is 1.25 bits per heavy atom. The molecule has 172 valence electrons. The molecule has 1 aliphatic carbocycles. The summed E-state index contributed by atoms with van der Waals surface area (Å²) in [5.41, 5.74) is 11.6. The second-order valence-corrected chi connectivity index (χ2v) is 9.15. The van der Waals surface area contributed by atoms with Gasteiger partial charge in [-0.1, -0.05) is 44.2 Å². The topological polar surface area (TPSA) is 131 Å². The number of rotatable bonds is 9. The molecule has 32 heavy (non-hydrogen) atoms. The summed E-state index contributed by atoms with van der Waals surface area (Å²) in [6.07, 6.45) is 6.13. The molecular formula is C22H28ClN5O3S. The average Bonchev–Trinajstić information content (AvgIpc) is 3.41. The van der Waals surface area contributed by atoms with E-state index in [2.05, 4.69) is 9.69 Å². The predicted molar refractivity (Wildman–Crippen MR) is 127 cm³/mol. The molecule has 0 unspecified atom stereocenters. The third kappa shape index (κ3) is 5.39. The smallest absolute Gasteiger partial charge is 0.272 e. The zero-order chi connectivity index (χ0) is 23.3. The van der Waals surface area contributed by atoms with Crippen LogP contribution in [-0.2, 0) is 4.79 Å². The number of halogens is 1. The third-order valence-corrected chi connectivity index (χ3v) is 6.73. The quantitative estimate of drug-likeness (QED) is 0.506. The molecule has 0 spiro atoms. The Morgan fingerprint density at radius 3 is 2.47 bits per heavy atom. The molecule has 0 aliphatic heterocycles. The van der Waals surface area contributed by atoms with E-state index in [4.69, 9.17) is 23.1 Å². The Morgan fingerprint density at radius 2 is 1.91 bits per heavy atom. The van der Waals surface area contributed by atoms with Crippen molar-refractivity contribution in [2.45, 2.75) is 64.0 Å². The number of amides is 3. The first-order valence-corrected chi connectivity index (χ1v) is 11.9. The Labute approximate surface area is 196 Å². The van der Waals surface area contributed by atoms with Gasteiger partial charge in [0.05, 0.1) is 5.69 Å². The number of hydrogen-bond donors (Lipinski definition) is 3. The number of nitrogens with two attached hydrogens (primary N) is 2. The number of nitrogens with one attached hydrogen (secondary N) is 1. The first-order valence-electron chi connectivity index (χ1n) is 10.8. The van der Waals surface area contributed by atoms with E-state index < -0.39 is 17.9 Å². The maximum absolute atomic E-state index is 13.7. The van der Waals surface area contributed by atoms with E-state index in [-0.39, 0.29) is 28.2 Å². The van der Waals surface area contributed by atoms with Gasteiger partial charge in [-0.05, 0) is 55.1 Å². The SMILES string of the molecule is CCCC[C@@H](C(=O)NC1CCCC1)N(C(=O)c1snc(C(N)=O)c1N)c1ccc(Cl)cc1. The molecule has 1 fully saturated rings. The molecule has 1 heterocycles. The summed E-state index contributed by atoms with van der Waals surface area (Å²) in [6, 6.07) is 6.07. The molecule has 5 N–H and O–H groups in total. The zero-order valence-corrected chi connectivity index (χ0v) is 19.5. The van der Waals surface area contributed by atoms with Crippen molar-refractivity contribution in [3.05, 3.63) is 39.9 Å². The number of unbranched alkanes of at least 4 members (excludes halogenated alkanes) is 1. The predicted octanol–water partition coefficient (Wildman–Crippen LogP) is 3.74. The van der Waals surface area contributed by atoms with Crippen molar-refractivity contribution in [2.24, 2.45) is 5.73 Å². The van der Waals surface area contributed by atoms with Crippen LogP contribution in [0.5, 0.6) is 0 Å². The molecule has 1 aromatic heterocycles. The lowest BCUT2D eigenvalue weighted by molar-refractivity contribution is -0.123. The van der Waals surface area contributed by atoms with E-state index in [1.807, 2.05) is 6.92 Å². The van der Waals surface area contributed by atoms with Crippen LogP contribution in [-0.4, -0.2) is 34.2 Å². The Balaban J connectivity index is 2.02. The average molecular weight is 478 g/mol. The van der Waals surface area contributed by atoms with Crippen molar-refractivity contribution in [1.82, 2.24) is 9.69 Å². The van der Waals surface area contributed by atoms with Crippen LogP contribution in [0.15, 0.2) is 24.3 Å². The summed E-state index contributed by atoms with van der Waals surface area (Å²) in [6.45, 7) is 2.03. The van der Waals surface area contributed by atoms with Gasteiger partial charge < -0.3 is 16.8 Å². The summed E-state index contributed by atoms with van der Waals surface area (Å²) < 4.78 is 3.95. The van der Waals surface area contributed by atoms with Crippen molar-refractivity contribution >= 4 is 52.2 Å². The molecule has 3 rings (SSSR count). The minimum atomic E-state index is -0.808. The van der Waals surface area contributed by atoms with Crippen LogP contribution in [0.3, 0.4) is 0 Å². The molecule has 1 saturated carbocycles. The number of carbonyl (C=O) groups excluding carboxylic acids is 3. The number of hydrogen-bond acceptors (Lipinski definition) is 6. The lowest BCUT2D eigenvalue weighted by Gasteiger charge is -2.32. The maximum atomic E-state index is 13.7. The van der Waals surface area contributed by atoms with E-state index in [9.17, 15) is 14.4 Å². The number of anilines is 2. The van der Waals surface area contributed by atoms with Gasteiger partial charge in [0.15, 0.2) is 5.69 Å². The maximum Gasteiger partial charge on any atom is 0.272 e. The van der Waals surface area contributed by atoms with E-state index in [0.717, 1.165) is 50.1 Å². The Bertz CT molecular complexity index is 972.